The number of hydrogen-bond acceptors (Lipinski definition) is 3. The van der Waals surface area contributed by atoms with Gasteiger partial charge in [-0.25, -0.2) is 0 Å². The zero-order chi connectivity index (χ0) is 13.8. The lowest BCUT2D eigenvalue weighted by molar-refractivity contribution is 0.149. The van der Waals surface area contributed by atoms with Crippen LogP contribution < -0.4 is 5.32 Å². The monoisotopic (exact) mass is 291 g/mol. The first-order valence-corrected chi connectivity index (χ1v) is 6.76. The van der Waals surface area contributed by atoms with Gasteiger partial charge in [0.05, 0.1) is 11.6 Å². The Labute approximate surface area is 118 Å². The maximum atomic E-state index is 9.84. The van der Waals surface area contributed by atoms with Crippen molar-refractivity contribution in [2.45, 2.75) is 38.8 Å². The Kier molecular flexibility index (Phi) is 5.73. The molecule has 1 aromatic carbocycles. The SMILES string of the molecule is CCC(CC)(CO)NCc1cc(Cl)cc(Cl)c1O. The molecule has 0 aromatic heterocycles. The highest BCUT2D eigenvalue weighted by molar-refractivity contribution is 6.35. The van der Waals surface area contributed by atoms with E-state index < -0.39 is 0 Å². The smallest absolute Gasteiger partial charge is 0.138 e. The Morgan fingerprint density at radius 1 is 1.22 bits per heavy atom. The lowest BCUT2D eigenvalue weighted by Gasteiger charge is -2.31. The van der Waals surface area contributed by atoms with Crippen LogP contribution in [0.5, 0.6) is 5.75 Å². The first-order chi connectivity index (χ1) is 8.48. The van der Waals surface area contributed by atoms with Crippen molar-refractivity contribution in [3.8, 4) is 5.75 Å². The van der Waals surface area contributed by atoms with Crippen molar-refractivity contribution in [1.82, 2.24) is 5.32 Å². The molecule has 0 radical (unpaired) electrons. The van der Waals surface area contributed by atoms with Crippen LogP contribution in [0.3, 0.4) is 0 Å². The van der Waals surface area contributed by atoms with Gasteiger partial charge in [0, 0.05) is 22.7 Å². The van der Waals surface area contributed by atoms with Crippen LogP contribution in [-0.2, 0) is 6.54 Å². The number of halogens is 2. The van der Waals surface area contributed by atoms with E-state index in [9.17, 15) is 10.2 Å². The van der Waals surface area contributed by atoms with Gasteiger partial charge in [0.1, 0.15) is 5.75 Å². The average molecular weight is 292 g/mol. The number of aliphatic hydroxyl groups is 1. The van der Waals surface area contributed by atoms with Crippen molar-refractivity contribution in [2.24, 2.45) is 0 Å². The quantitative estimate of drug-likeness (QED) is 0.753. The first-order valence-electron chi connectivity index (χ1n) is 6.00. The number of hydrogen-bond donors (Lipinski definition) is 3. The van der Waals surface area contributed by atoms with E-state index in [1.165, 1.54) is 6.07 Å². The van der Waals surface area contributed by atoms with Crippen LogP contribution in [0.25, 0.3) is 0 Å². The average Bonchev–Trinajstić information content (AvgIpc) is 2.37. The summed E-state index contributed by atoms with van der Waals surface area (Å²) in [5, 5.41) is 23.3. The van der Waals surface area contributed by atoms with Crippen LogP contribution in [-0.4, -0.2) is 22.4 Å². The Morgan fingerprint density at radius 2 is 1.83 bits per heavy atom. The molecule has 0 atom stereocenters. The maximum absolute atomic E-state index is 9.84. The predicted octanol–water partition coefficient (Wildman–Crippen LogP) is 3.34. The van der Waals surface area contributed by atoms with Crippen LogP contribution in [0.2, 0.25) is 10.0 Å². The molecule has 1 aromatic rings. The van der Waals surface area contributed by atoms with Gasteiger partial charge in [0.15, 0.2) is 0 Å². The van der Waals surface area contributed by atoms with E-state index in [2.05, 4.69) is 5.32 Å². The normalized spacial score (nSPS) is 11.8. The molecule has 0 spiro atoms. The van der Waals surface area contributed by atoms with Gasteiger partial charge in [-0.1, -0.05) is 37.0 Å². The maximum Gasteiger partial charge on any atom is 0.138 e. The van der Waals surface area contributed by atoms with Gasteiger partial charge in [0.25, 0.3) is 0 Å². The van der Waals surface area contributed by atoms with Gasteiger partial charge in [0.2, 0.25) is 0 Å². The third-order valence-corrected chi connectivity index (χ3v) is 3.92. The topological polar surface area (TPSA) is 52.5 Å². The number of aliphatic hydroxyl groups excluding tert-OH is 1. The highest BCUT2D eigenvalue weighted by Crippen LogP contribution is 2.31. The molecule has 0 amide bonds. The van der Waals surface area contributed by atoms with Crippen molar-refractivity contribution in [1.29, 1.82) is 0 Å². The summed E-state index contributed by atoms with van der Waals surface area (Å²) in [5.74, 6) is 0.0348. The lowest BCUT2D eigenvalue weighted by Crippen LogP contribution is -2.47. The summed E-state index contributed by atoms with van der Waals surface area (Å²) in [6.45, 7) is 4.48. The van der Waals surface area contributed by atoms with Crippen molar-refractivity contribution in [3.05, 3.63) is 27.7 Å². The molecule has 102 valence electrons. The molecule has 3 N–H and O–H groups in total. The molecule has 0 saturated carbocycles. The minimum absolute atomic E-state index is 0.0348. The number of benzene rings is 1. The second-order valence-electron chi connectivity index (χ2n) is 4.39. The minimum Gasteiger partial charge on any atom is -0.506 e. The molecule has 0 aliphatic carbocycles. The fourth-order valence-electron chi connectivity index (χ4n) is 1.82. The van der Waals surface area contributed by atoms with E-state index in [0.717, 1.165) is 12.8 Å². The van der Waals surface area contributed by atoms with Crippen molar-refractivity contribution < 1.29 is 10.2 Å². The molecule has 0 fully saturated rings. The van der Waals surface area contributed by atoms with E-state index >= 15 is 0 Å². The molecule has 0 saturated heterocycles. The van der Waals surface area contributed by atoms with Gasteiger partial charge in [-0.05, 0) is 25.0 Å². The van der Waals surface area contributed by atoms with E-state index in [4.69, 9.17) is 23.2 Å². The molecule has 1 rings (SSSR count). The van der Waals surface area contributed by atoms with E-state index in [0.29, 0.717) is 17.1 Å². The molecule has 18 heavy (non-hydrogen) atoms. The summed E-state index contributed by atoms with van der Waals surface area (Å²) in [6, 6.07) is 3.17. The summed E-state index contributed by atoms with van der Waals surface area (Å²) in [6.07, 6.45) is 1.60. The Balaban J connectivity index is 2.86. The number of phenols is 1. The van der Waals surface area contributed by atoms with Gasteiger partial charge >= 0.3 is 0 Å². The second kappa shape index (κ2) is 6.62. The minimum atomic E-state index is -0.332. The highest BCUT2D eigenvalue weighted by Gasteiger charge is 2.24. The Morgan fingerprint density at radius 3 is 2.33 bits per heavy atom. The molecule has 0 aliphatic heterocycles. The molecule has 3 nitrogen and oxygen atoms in total. The molecular weight excluding hydrogens is 273 g/mol. The van der Waals surface area contributed by atoms with Crippen LogP contribution in [0.15, 0.2) is 12.1 Å². The van der Waals surface area contributed by atoms with Gasteiger partial charge in [-0.15, -0.1) is 0 Å². The largest absolute Gasteiger partial charge is 0.506 e. The molecule has 0 bridgehead atoms. The number of nitrogens with one attached hydrogen (secondary N) is 1. The summed E-state index contributed by atoms with van der Waals surface area (Å²) in [4.78, 5) is 0. The van der Waals surface area contributed by atoms with E-state index in [1.54, 1.807) is 6.07 Å². The first kappa shape index (κ1) is 15.6. The standard InChI is InChI=1S/C13H19Cl2NO2/c1-3-13(4-2,8-17)16-7-9-5-10(14)6-11(15)12(9)18/h5-6,16-18H,3-4,7-8H2,1-2H3. The fraction of sp³-hybridized carbons (Fsp3) is 0.538. The van der Waals surface area contributed by atoms with Crippen molar-refractivity contribution in [3.63, 3.8) is 0 Å². The van der Waals surface area contributed by atoms with Crippen LogP contribution >= 0.6 is 23.2 Å². The van der Waals surface area contributed by atoms with Crippen molar-refractivity contribution >= 4 is 23.2 Å². The number of phenolic OH excluding ortho intramolecular Hbond substituents is 1. The third kappa shape index (κ3) is 3.51. The molecular formula is C13H19Cl2NO2. The third-order valence-electron chi connectivity index (χ3n) is 3.42. The summed E-state index contributed by atoms with van der Waals surface area (Å²) in [5.41, 5.74) is 0.300. The van der Waals surface area contributed by atoms with Gasteiger partial charge in [-0.2, -0.15) is 0 Å². The molecule has 0 heterocycles. The molecule has 0 aliphatic rings. The number of aromatic hydroxyl groups is 1. The Hall–Kier alpha value is -0.480. The fourth-order valence-corrected chi connectivity index (χ4v) is 2.35. The van der Waals surface area contributed by atoms with Crippen LogP contribution in [0, 0.1) is 0 Å². The zero-order valence-electron chi connectivity index (χ0n) is 10.6. The zero-order valence-corrected chi connectivity index (χ0v) is 12.1. The van der Waals surface area contributed by atoms with E-state index in [-0.39, 0.29) is 22.9 Å². The van der Waals surface area contributed by atoms with E-state index in [1.807, 2.05) is 13.8 Å². The summed E-state index contributed by atoms with van der Waals surface area (Å²) in [7, 11) is 0. The highest BCUT2D eigenvalue weighted by atomic mass is 35.5. The second-order valence-corrected chi connectivity index (χ2v) is 5.24. The summed E-state index contributed by atoms with van der Waals surface area (Å²) < 4.78 is 0. The molecule has 5 heteroatoms. The number of rotatable bonds is 6. The molecule has 0 unspecified atom stereocenters. The van der Waals surface area contributed by atoms with Crippen LogP contribution in [0.4, 0.5) is 0 Å². The summed E-state index contributed by atoms with van der Waals surface area (Å²) >= 11 is 11.8. The van der Waals surface area contributed by atoms with Gasteiger partial charge in [-0.3, -0.25) is 0 Å². The lowest BCUT2D eigenvalue weighted by atomic mass is 9.93. The van der Waals surface area contributed by atoms with Crippen molar-refractivity contribution in [2.75, 3.05) is 6.61 Å². The van der Waals surface area contributed by atoms with Crippen LogP contribution in [0.1, 0.15) is 32.3 Å². The Bertz CT molecular complexity index is 398. The predicted molar refractivity (Wildman–Crippen MR) is 75.4 cm³/mol. The van der Waals surface area contributed by atoms with Gasteiger partial charge < -0.3 is 15.5 Å².